The zero-order valence-corrected chi connectivity index (χ0v) is 9.32. The van der Waals surface area contributed by atoms with Crippen LogP contribution < -0.4 is 0 Å². The second-order valence-electron chi connectivity index (χ2n) is 3.48. The van der Waals surface area contributed by atoms with E-state index in [0.717, 1.165) is 13.1 Å². The van der Waals surface area contributed by atoms with Gasteiger partial charge in [0.1, 0.15) is 0 Å². The Morgan fingerprint density at radius 2 is 2.14 bits per heavy atom. The number of hydrogen-bond donors (Lipinski definition) is 1. The zero-order valence-electron chi connectivity index (χ0n) is 9.32. The van der Waals surface area contributed by atoms with Gasteiger partial charge in [0, 0.05) is 13.2 Å². The fraction of sp³-hybridized carbons (Fsp3) is 0.900. The van der Waals surface area contributed by atoms with E-state index in [0.29, 0.717) is 13.0 Å². The van der Waals surface area contributed by atoms with Gasteiger partial charge in [0.25, 0.3) is 0 Å². The van der Waals surface area contributed by atoms with E-state index in [4.69, 9.17) is 9.84 Å². The number of rotatable bonds is 7. The smallest absolute Gasteiger partial charge is 0.320 e. The molecule has 0 aromatic carbocycles. The van der Waals surface area contributed by atoms with Crippen molar-refractivity contribution >= 4 is 5.97 Å². The van der Waals surface area contributed by atoms with Crippen molar-refractivity contribution in [1.29, 1.82) is 0 Å². The number of nitrogens with zero attached hydrogens (tertiary/aromatic N) is 1. The van der Waals surface area contributed by atoms with Crippen molar-refractivity contribution in [3.05, 3.63) is 0 Å². The minimum Gasteiger partial charge on any atom is -0.462 e. The number of likely N-dealkylation sites (N-methyl/N-ethyl adjacent to an activating group) is 1. The third-order valence-corrected chi connectivity index (χ3v) is 1.80. The molecule has 4 heteroatoms. The van der Waals surface area contributed by atoms with Gasteiger partial charge in [0.2, 0.25) is 0 Å². The third kappa shape index (κ3) is 6.86. The van der Waals surface area contributed by atoms with Crippen LogP contribution in [0.3, 0.4) is 0 Å². The van der Waals surface area contributed by atoms with Crippen molar-refractivity contribution in [2.24, 2.45) is 0 Å². The number of esters is 1. The van der Waals surface area contributed by atoms with Gasteiger partial charge in [0.05, 0.1) is 12.6 Å². The molecular formula is C10H21NO3. The van der Waals surface area contributed by atoms with Crippen LogP contribution in [0.1, 0.15) is 27.2 Å². The molecule has 1 N–H and O–H groups in total. The molecule has 0 saturated heterocycles. The van der Waals surface area contributed by atoms with Crippen LogP contribution in [0.4, 0.5) is 0 Å². The normalized spacial score (nSPS) is 11.0. The average molecular weight is 203 g/mol. The minimum atomic E-state index is -0.195. The first kappa shape index (κ1) is 13.4. The van der Waals surface area contributed by atoms with Gasteiger partial charge in [-0.1, -0.05) is 6.92 Å². The van der Waals surface area contributed by atoms with Crippen LogP contribution >= 0.6 is 0 Å². The lowest BCUT2D eigenvalue weighted by molar-refractivity contribution is -0.148. The first-order chi connectivity index (χ1) is 6.60. The summed E-state index contributed by atoms with van der Waals surface area (Å²) in [7, 11) is 0. The van der Waals surface area contributed by atoms with Gasteiger partial charge in [-0.15, -0.1) is 0 Å². The van der Waals surface area contributed by atoms with Crippen LogP contribution in [-0.2, 0) is 9.53 Å². The maximum absolute atomic E-state index is 11.3. The fourth-order valence-electron chi connectivity index (χ4n) is 1.13. The molecule has 0 saturated carbocycles. The highest BCUT2D eigenvalue weighted by molar-refractivity contribution is 5.71. The Balaban J connectivity index is 3.74. The van der Waals surface area contributed by atoms with Gasteiger partial charge in [-0.3, -0.25) is 9.69 Å². The van der Waals surface area contributed by atoms with E-state index in [1.54, 1.807) is 0 Å². The van der Waals surface area contributed by atoms with Crippen molar-refractivity contribution in [1.82, 2.24) is 4.90 Å². The van der Waals surface area contributed by atoms with E-state index >= 15 is 0 Å². The Kier molecular flexibility index (Phi) is 7.42. The fourth-order valence-corrected chi connectivity index (χ4v) is 1.13. The van der Waals surface area contributed by atoms with Crippen LogP contribution in [0.2, 0.25) is 0 Å². The Morgan fingerprint density at radius 3 is 2.57 bits per heavy atom. The van der Waals surface area contributed by atoms with E-state index in [1.807, 2.05) is 25.7 Å². The molecule has 14 heavy (non-hydrogen) atoms. The molecule has 0 aliphatic carbocycles. The van der Waals surface area contributed by atoms with Crippen molar-refractivity contribution < 1.29 is 14.6 Å². The van der Waals surface area contributed by atoms with Crippen molar-refractivity contribution in [2.45, 2.75) is 33.3 Å². The molecule has 0 amide bonds. The second kappa shape index (κ2) is 7.76. The van der Waals surface area contributed by atoms with Gasteiger partial charge in [-0.25, -0.2) is 0 Å². The summed E-state index contributed by atoms with van der Waals surface area (Å²) in [6, 6.07) is 0. The van der Waals surface area contributed by atoms with Crippen LogP contribution in [-0.4, -0.2) is 48.3 Å². The molecule has 0 heterocycles. The van der Waals surface area contributed by atoms with E-state index in [2.05, 4.69) is 0 Å². The van der Waals surface area contributed by atoms with E-state index in [9.17, 15) is 4.79 Å². The lowest BCUT2D eigenvalue weighted by Gasteiger charge is -2.19. The van der Waals surface area contributed by atoms with E-state index in [-0.39, 0.29) is 18.7 Å². The summed E-state index contributed by atoms with van der Waals surface area (Å²) in [6.07, 6.45) is 0.641. The zero-order chi connectivity index (χ0) is 11.0. The van der Waals surface area contributed by atoms with Crippen molar-refractivity contribution in [3.8, 4) is 0 Å². The molecule has 0 fully saturated rings. The number of aliphatic hydroxyl groups excluding tert-OH is 1. The largest absolute Gasteiger partial charge is 0.462 e. The molecule has 0 aliphatic heterocycles. The second-order valence-corrected chi connectivity index (χ2v) is 3.48. The van der Waals surface area contributed by atoms with E-state index in [1.165, 1.54) is 0 Å². The van der Waals surface area contributed by atoms with Crippen molar-refractivity contribution in [3.63, 3.8) is 0 Å². The Hall–Kier alpha value is -0.610. The summed E-state index contributed by atoms with van der Waals surface area (Å²) in [5.74, 6) is -0.195. The monoisotopic (exact) mass is 203 g/mol. The summed E-state index contributed by atoms with van der Waals surface area (Å²) in [4.78, 5) is 13.2. The molecule has 0 unspecified atom stereocenters. The summed E-state index contributed by atoms with van der Waals surface area (Å²) >= 11 is 0. The predicted molar refractivity (Wildman–Crippen MR) is 55.0 cm³/mol. The Labute approximate surface area is 85.9 Å². The molecule has 0 aromatic heterocycles. The third-order valence-electron chi connectivity index (χ3n) is 1.80. The molecule has 0 atom stereocenters. The first-order valence-electron chi connectivity index (χ1n) is 5.12. The molecular weight excluding hydrogens is 182 g/mol. The van der Waals surface area contributed by atoms with E-state index < -0.39 is 0 Å². The molecule has 0 bridgehead atoms. The molecule has 0 spiro atoms. The molecule has 4 nitrogen and oxygen atoms in total. The average Bonchev–Trinajstić information content (AvgIpc) is 2.10. The van der Waals surface area contributed by atoms with Gasteiger partial charge in [-0.2, -0.15) is 0 Å². The predicted octanol–water partition coefficient (Wildman–Crippen LogP) is 0.642. The number of aliphatic hydroxyl groups is 1. The minimum absolute atomic E-state index is 0.0564. The quantitative estimate of drug-likeness (QED) is 0.617. The Bertz CT molecular complexity index is 159. The lowest BCUT2D eigenvalue weighted by Crippen LogP contribution is -2.33. The molecule has 84 valence electrons. The maximum atomic E-state index is 11.3. The summed E-state index contributed by atoms with van der Waals surface area (Å²) in [5, 5.41) is 8.65. The summed E-state index contributed by atoms with van der Waals surface area (Å²) < 4.78 is 5.02. The maximum Gasteiger partial charge on any atom is 0.320 e. The molecule has 0 rings (SSSR count). The number of carbonyl (C=O) groups is 1. The highest BCUT2D eigenvalue weighted by Gasteiger charge is 2.10. The SMILES string of the molecule is CCN(CCCO)CC(=O)OC(C)C. The highest BCUT2D eigenvalue weighted by atomic mass is 16.5. The number of hydrogen-bond acceptors (Lipinski definition) is 4. The standard InChI is InChI=1S/C10H21NO3/c1-4-11(6-5-7-12)8-10(13)14-9(2)3/h9,12H,4-8H2,1-3H3. The first-order valence-corrected chi connectivity index (χ1v) is 5.12. The highest BCUT2D eigenvalue weighted by Crippen LogP contribution is 1.95. The topological polar surface area (TPSA) is 49.8 Å². The number of carbonyl (C=O) groups excluding carboxylic acids is 1. The molecule has 0 aromatic rings. The molecule has 0 radical (unpaired) electrons. The van der Waals surface area contributed by atoms with Crippen LogP contribution in [0.15, 0.2) is 0 Å². The van der Waals surface area contributed by atoms with Crippen LogP contribution in [0, 0.1) is 0 Å². The van der Waals surface area contributed by atoms with Gasteiger partial charge >= 0.3 is 5.97 Å². The van der Waals surface area contributed by atoms with Gasteiger partial charge in [0.15, 0.2) is 0 Å². The summed E-state index contributed by atoms with van der Waals surface area (Å²) in [6.45, 7) is 7.67. The van der Waals surface area contributed by atoms with Crippen molar-refractivity contribution in [2.75, 3.05) is 26.2 Å². The molecule has 0 aliphatic rings. The van der Waals surface area contributed by atoms with Gasteiger partial charge in [-0.05, 0) is 26.8 Å². The number of ether oxygens (including phenoxy) is 1. The lowest BCUT2D eigenvalue weighted by atomic mass is 10.4. The summed E-state index contributed by atoms with van der Waals surface area (Å²) in [5.41, 5.74) is 0. The van der Waals surface area contributed by atoms with Crippen LogP contribution in [0.25, 0.3) is 0 Å². The van der Waals surface area contributed by atoms with Gasteiger partial charge < -0.3 is 9.84 Å². The van der Waals surface area contributed by atoms with Crippen LogP contribution in [0.5, 0.6) is 0 Å². The Morgan fingerprint density at radius 1 is 1.50 bits per heavy atom.